The van der Waals surface area contributed by atoms with Crippen molar-refractivity contribution < 1.29 is 4.79 Å². The summed E-state index contributed by atoms with van der Waals surface area (Å²) in [5.74, 6) is 0.514. The van der Waals surface area contributed by atoms with Crippen LogP contribution >= 0.6 is 0 Å². The highest BCUT2D eigenvalue weighted by molar-refractivity contribution is 5.92. The van der Waals surface area contributed by atoms with Crippen molar-refractivity contribution in [3.05, 3.63) is 47.9 Å². The third-order valence-electron chi connectivity index (χ3n) is 3.27. The molecule has 1 aromatic heterocycles. The fourth-order valence-electron chi connectivity index (χ4n) is 2.26. The van der Waals surface area contributed by atoms with Crippen LogP contribution in [0.25, 0.3) is 0 Å². The smallest absolute Gasteiger partial charge is 0.271 e. The second kappa shape index (κ2) is 6.77. The summed E-state index contributed by atoms with van der Waals surface area (Å²) >= 11 is 0. The number of nitrogens with one attached hydrogen (secondary N) is 1. The van der Waals surface area contributed by atoms with Gasteiger partial charge in [-0.2, -0.15) is 0 Å². The van der Waals surface area contributed by atoms with Gasteiger partial charge in [-0.15, -0.1) is 0 Å². The Morgan fingerprint density at radius 2 is 1.96 bits per heavy atom. The van der Waals surface area contributed by atoms with Crippen molar-refractivity contribution in [1.82, 2.24) is 15.3 Å². The summed E-state index contributed by atoms with van der Waals surface area (Å²) in [6.07, 6.45) is 3.16. The van der Waals surface area contributed by atoms with Gasteiger partial charge < -0.3 is 10.2 Å². The molecule has 0 atom stereocenters. The zero-order chi connectivity index (χ0) is 17.0. The van der Waals surface area contributed by atoms with Gasteiger partial charge in [-0.25, -0.2) is 9.97 Å². The average Bonchev–Trinajstić information content (AvgIpc) is 2.47. The van der Waals surface area contributed by atoms with Gasteiger partial charge in [-0.1, -0.05) is 12.1 Å². The van der Waals surface area contributed by atoms with Gasteiger partial charge in [0.1, 0.15) is 5.69 Å². The maximum absolute atomic E-state index is 12.1. The van der Waals surface area contributed by atoms with E-state index in [4.69, 9.17) is 0 Å². The van der Waals surface area contributed by atoms with Crippen LogP contribution in [0, 0.1) is 6.92 Å². The summed E-state index contributed by atoms with van der Waals surface area (Å²) in [4.78, 5) is 22.8. The van der Waals surface area contributed by atoms with Gasteiger partial charge in [-0.05, 0) is 52.3 Å². The monoisotopic (exact) mass is 312 g/mol. The van der Waals surface area contributed by atoms with Crippen molar-refractivity contribution in [3.8, 4) is 0 Å². The van der Waals surface area contributed by atoms with Crippen molar-refractivity contribution in [3.63, 3.8) is 0 Å². The van der Waals surface area contributed by atoms with Crippen molar-refractivity contribution in [2.75, 3.05) is 11.4 Å². The first-order valence-corrected chi connectivity index (χ1v) is 7.79. The summed E-state index contributed by atoms with van der Waals surface area (Å²) in [6.45, 7) is 10.7. The minimum absolute atomic E-state index is 0.213. The topological polar surface area (TPSA) is 58.1 Å². The largest absolute Gasteiger partial charge is 0.346 e. The van der Waals surface area contributed by atoms with E-state index >= 15 is 0 Å². The minimum Gasteiger partial charge on any atom is -0.346 e. The van der Waals surface area contributed by atoms with Gasteiger partial charge >= 0.3 is 0 Å². The Kier molecular flexibility index (Phi) is 4.98. The summed E-state index contributed by atoms with van der Waals surface area (Å²) in [5.41, 5.74) is 2.28. The zero-order valence-electron chi connectivity index (χ0n) is 14.4. The molecule has 5 nitrogen and oxygen atoms in total. The SMILES string of the molecule is CCN(c1cccc(C)c1)c1cnc(C(=O)NC(C)(C)C)cn1. The van der Waals surface area contributed by atoms with Crippen molar-refractivity contribution in [2.24, 2.45) is 0 Å². The van der Waals surface area contributed by atoms with Crippen LogP contribution in [0.3, 0.4) is 0 Å². The van der Waals surface area contributed by atoms with Crippen LogP contribution in [0.5, 0.6) is 0 Å². The van der Waals surface area contributed by atoms with Gasteiger partial charge in [0.05, 0.1) is 12.4 Å². The van der Waals surface area contributed by atoms with Crippen molar-refractivity contribution >= 4 is 17.4 Å². The molecule has 0 aliphatic heterocycles. The third kappa shape index (κ3) is 4.52. The van der Waals surface area contributed by atoms with Crippen LogP contribution in [0.15, 0.2) is 36.7 Å². The molecule has 0 fully saturated rings. The quantitative estimate of drug-likeness (QED) is 0.939. The number of hydrogen-bond donors (Lipinski definition) is 1. The lowest BCUT2D eigenvalue weighted by molar-refractivity contribution is 0.0914. The Hall–Kier alpha value is -2.43. The summed E-state index contributed by atoms with van der Waals surface area (Å²) in [5, 5.41) is 2.88. The molecule has 2 aromatic rings. The molecule has 1 N–H and O–H groups in total. The van der Waals surface area contributed by atoms with E-state index in [1.807, 2.05) is 32.9 Å². The second-order valence-electron chi connectivity index (χ2n) is 6.55. The number of aryl methyl sites for hydroxylation is 1. The molecule has 0 saturated carbocycles. The molecule has 0 spiro atoms. The number of carbonyl (C=O) groups excluding carboxylic acids is 1. The highest BCUT2D eigenvalue weighted by Crippen LogP contribution is 2.23. The molecule has 23 heavy (non-hydrogen) atoms. The molecular weight excluding hydrogens is 288 g/mol. The molecule has 1 heterocycles. The summed E-state index contributed by atoms with van der Waals surface area (Å²) < 4.78 is 0. The number of benzene rings is 1. The maximum Gasteiger partial charge on any atom is 0.271 e. The molecular formula is C18H24N4O. The number of nitrogens with zero attached hydrogens (tertiary/aromatic N) is 3. The molecule has 0 aliphatic carbocycles. The number of anilines is 2. The van der Waals surface area contributed by atoms with Crippen LogP contribution in [-0.4, -0.2) is 28.0 Å². The van der Waals surface area contributed by atoms with Crippen LogP contribution < -0.4 is 10.2 Å². The van der Waals surface area contributed by atoms with E-state index in [0.717, 1.165) is 18.1 Å². The first-order valence-electron chi connectivity index (χ1n) is 7.79. The number of aromatic nitrogens is 2. The lowest BCUT2D eigenvalue weighted by Gasteiger charge is -2.23. The molecule has 5 heteroatoms. The highest BCUT2D eigenvalue weighted by atomic mass is 16.2. The minimum atomic E-state index is -0.297. The van der Waals surface area contributed by atoms with Crippen molar-refractivity contribution in [1.29, 1.82) is 0 Å². The first-order chi connectivity index (χ1) is 10.8. The van der Waals surface area contributed by atoms with E-state index < -0.39 is 0 Å². The number of rotatable bonds is 4. The predicted molar refractivity (Wildman–Crippen MR) is 93.1 cm³/mol. The fraction of sp³-hybridized carbons (Fsp3) is 0.389. The fourth-order valence-corrected chi connectivity index (χ4v) is 2.26. The van der Waals surface area contributed by atoms with Crippen molar-refractivity contribution in [2.45, 2.75) is 40.2 Å². The molecule has 0 radical (unpaired) electrons. The van der Waals surface area contributed by atoms with Gasteiger partial charge in [0.25, 0.3) is 5.91 Å². The number of carbonyl (C=O) groups is 1. The predicted octanol–water partition coefficient (Wildman–Crippen LogP) is 3.47. The van der Waals surface area contributed by atoms with E-state index in [1.54, 1.807) is 6.20 Å². The molecule has 1 aromatic carbocycles. The van der Waals surface area contributed by atoms with Crippen LogP contribution in [0.4, 0.5) is 11.5 Å². The van der Waals surface area contributed by atoms with Gasteiger partial charge in [-0.3, -0.25) is 4.79 Å². The standard InChI is InChI=1S/C18H24N4O/c1-6-22(14-9-7-8-13(2)10-14)16-12-19-15(11-20-16)17(23)21-18(3,4)5/h7-12H,6H2,1-5H3,(H,21,23). The van der Waals surface area contributed by atoms with Gasteiger partial charge in [0.2, 0.25) is 0 Å². The van der Waals surface area contributed by atoms with Crippen LogP contribution in [0.2, 0.25) is 0 Å². The molecule has 122 valence electrons. The van der Waals surface area contributed by atoms with E-state index in [2.05, 4.69) is 46.2 Å². The Morgan fingerprint density at radius 1 is 1.22 bits per heavy atom. The normalized spacial score (nSPS) is 11.2. The van der Waals surface area contributed by atoms with Gasteiger partial charge in [0.15, 0.2) is 5.82 Å². The van der Waals surface area contributed by atoms with Crippen LogP contribution in [0.1, 0.15) is 43.7 Å². The number of hydrogen-bond acceptors (Lipinski definition) is 4. The van der Waals surface area contributed by atoms with E-state index in [-0.39, 0.29) is 11.4 Å². The maximum atomic E-state index is 12.1. The molecule has 0 bridgehead atoms. The Morgan fingerprint density at radius 3 is 2.48 bits per heavy atom. The lowest BCUT2D eigenvalue weighted by atomic mass is 10.1. The zero-order valence-corrected chi connectivity index (χ0v) is 14.4. The Balaban J connectivity index is 2.22. The van der Waals surface area contributed by atoms with E-state index in [0.29, 0.717) is 5.69 Å². The average molecular weight is 312 g/mol. The molecule has 0 unspecified atom stereocenters. The first kappa shape index (κ1) is 16.9. The van der Waals surface area contributed by atoms with Crippen LogP contribution in [-0.2, 0) is 0 Å². The molecule has 0 saturated heterocycles. The Bertz CT molecular complexity index is 674. The third-order valence-corrected chi connectivity index (χ3v) is 3.27. The number of amides is 1. The summed E-state index contributed by atoms with van der Waals surface area (Å²) in [7, 11) is 0. The second-order valence-corrected chi connectivity index (χ2v) is 6.55. The van der Waals surface area contributed by atoms with E-state index in [1.165, 1.54) is 11.8 Å². The molecule has 1 amide bonds. The Labute approximate surface area is 137 Å². The highest BCUT2D eigenvalue weighted by Gasteiger charge is 2.17. The van der Waals surface area contributed by atoms with E-state index in [9.17, 15) is 4.79 Å². The summed E-state index contributed by atoms with van der Waals surface area (Å²) in [6, 6.07) is 8.22. The lowest BCUT2D eigenvalue weighted by Crippen LogP contribution is -2.41. The molecule has 0 aliphatic rings. The molecule has 2 rings (SSSR count). The van der Waals surface area contributed by atoms with Gasteiger partial charge in [0, 0.05) is 17.8 Å².